The van der Waals surface area contributed by atoms with Gasteiger partial charge in [-0.05, 0) is 18.6 Å². The lowest BCUT2D eigenvalue weighted by Crippen LogP contribution is -1.99. The van der Waals surface area contributed by atoms with Crippen LogP contribution in [0.1, 0.15) is 19.2 Å². The average Bonchev–Trinajstić information content (AvgIpc) is 2.86. The minimum atomic E-state index is 0.197. The van der Waals surface area contributed by atoms with Gasteiger partial charge in [-0.3, -0.25) is 0 Å². The van der Waals surface area contributed by atoms with Gasteiger partial charge >= 0.3 is 0 Å². The zero-order chi connectivity index (χ0) is 13.7. The number of hydrogen-bond acceptors (Lipinski definition) is 5. The fraction of sp³-hybridized carbons (Fsp3) is 0.385. The normalized spacial score (nSPS) is 12.6. The molecule has 2 rings (SSSR count). The Labute approximate surface area is 121 Å². The first-order valence-corrected chi connectivity index (χ1v) is 7.43. The van der Waals surface area contributed by atoms with Gasteiger partial charge in [0, 0.05) is 11.9 Å². The molecule has 1 atom stereocenters. The standard InChI is InChI=1S/C13H15ClN2O2S/c1-9(6-7-17)19-8-12-15-16-13(18-12)10-4-2-3-5-11(10)14/h2-5,9,17H,6-8H2,1H3. The highest BCUT2D eigenvalue weighted by molar-refractivity contribution is 7.99. The number of hydrogen-bond donors (Lipinski definition) is 1. The van der Waals surface area contributed by atoms with E-state index in [9.17, 15) is 0 Å². The molecular formula is C13H15ClN2O2S. The number of benzene rings is 1. The summed E-state index contributed by atoms with van der Waals surface area (Å²) >= 11 is 7.75. The number of aliphatic hydroxyl groups excluding tert-OH is 1. The van der Waals surface area contributed by atoms with Crippen LogP contribution in [0.2, 0.25) is 5.02 Å². The maximum absolute atomic E-state index is 8.84. The molecule has 1 heterocycles. The molecule has 2 aromatic rings. The number of halogens is 1. The predicted octanol–water partition coefficient (Wildman–Crippen LogP) is 3.39. The molecule has 4 nitrogen and oxygen atoms in total. The molecule has 102 valence electrons. The molecule has 1 aromatic heterocycles. The lowest BCUT2D eigenvalue weighted by molar-refractivity contribution is 0.289. The van der Waals surface area contributed by atoms with Gasteiger partial charge in [0.1, 0.15) is 0 Å². The van der Waals surface area contributed by atoms with Crippen molar-refractivity contribution in [3.8, 4) is 11.5 Å². The summed E-state index contributed by atoms with van der Waals surface area (Å²) in [5.41, 5.74) is 0.747. The van der Waals surface area contributed by atoms with Crippen molar-refractivity contribution < 1.29 is 9.52 Å². The molecule has 1 aromatic carbocycles. The highest BCUT2D eigenvalue weighted by Crippen LogP contribution is 2.27. The van der Waals surface area contributed by atoms with E-state index in [-0.39, 0.29) is 6.61 Å². The Kier molecular flexibility index (Phi) is 5.24. The van der Waals surface area contributed by atoms with E-state index in [1.165, 1.54) is 0 Å². The van der Waals surface area contributed by atoms with Crippen LogP contribution in [0.3, 0.4) is 0 Å². The Bertz CT molecular complexity index is 533. The molecule has 0 saturated carbocycles. The number of aromatic nitrogens is 2. The van der Waals surface area contributed by atoms with Crippen molar-refractivity contribution in [2.24, 2.45) is 0 Å². The van der Waals surface area contributed by atoms with E-state index < -0.39 is 0 Å². The van der Waals surface area contributed by atoms with Gasteiger partial charge in [0.2, 0.25) is 11.8 Å². The lowest BCUT2D eigenvalue weighted by atomic mass is 10.2. The number of rotatable bonds is 6. The lowest BCUT2D eigenvalue weighted by Gasteiger charge is -2.06. The highest BCUT2D eigenvalue weighted by atomic mass is 35.5. The van der Waals surface area contributed by atoms with Crippen LogP contribution in [-0.2, 0) is 5.75 Å². The van der Waals surface area contributed by atoms with E-state index in [0.717, 1.165) is 12.0 Å². The Morgan fingerprint density at radius 1 is 1.37 bits per heavy atom. The molecule has 0 bridgehead atoms. The van der Waals surface area contributed by atoms with Gasteiger partial charge in [0.05, 0.1) is 16.3 Å². The third kappa shape index (κ3) is 3.96. The topological polar surface area (TPSA) is 59.2 Å². The molecule has 19 heavy (non-hydrogen) atoms. The Hall–Kier alpha value is -1.04. The largest absolute Gasteiger partial charge is 0.420 e. The van der Waals surface area contributed by atoms with Gasteiger partial charge in [-0.1, -0.05) is 30.7 Å². The zero-order valence-corrected chi connectivity index (χ0v) is 12.1. The van der Waals surface area contributed by atoms with E-state index in [4.69, 9.17) is 21.1 Å². The van der Waals surface area contributed by atoms with Crippen molar-refractivity contribution in [1.82, 2.24) is 10.2 Å². The minimum Gasteiger partial charge on any atom is -0.420 e. The van der Waals surface area contributed by atoms with Crippen molar-refractivity contribution in [2.75, 3.05) is 6.61 Å². The molecule has 1 unspecified atom stereocenters. The van der Waals surface area contributed by atoms with Gasteiger partial charge in [-0.2, -0.15) is 0 Å². The van der Waals surface area contributed by atoms with Gasteiger partial charge in [0.25, 0.3) is 0 Å². The molecule has 0 aliphatic carbocycles. The Balaban J connectivity index is 2.02. The second-order valence-corrected chi connectivity index (χ2v) is 5.95. The summed E-state index contributed by atoms with van der Waals surface area (Å²) in [5.74, 6) is 1.65. The first-order chi connectivity index (χ1) is 9.20. The molecule has 0 spiro atoms. The van der Waals surface area contributed by atoms with E-state index >= 15 is 0 Å². The molecule has 0 fully saturated rings. The van der Waals surface area contributed by atoms with Crippen molar-refractivity contribution in [2.45, 2.75) is 24.3 Å². The Morgan fingerprint density at radius 3 is 2.89 bits per heavy atom. The predicted molar refractivity (Wildman–Crippen MR) is 77.2 cm³/mol. The van der Waals surface area contributed by atoms with Gasteiger partial charge in [-0.15, -0.1) is 22.0 Å². The SMILES string of the molecule is CC(CCO)SCc1nnc(-c2ccccc2Cl)o1. The van der Waals surface area contributed by atoms with Crippen LogP contribution < -0.4 is 0 Å². The minimum absolute atomic E-state index is 0.197. The maximum Gasteiger partial charge on any atom is 0.249 e. The molecule has 6 heteroatoms. The van der Waals surface area contributed by atoms with Gasteiger partial charge < -0.3 is 9.52 Å². The molecule has 0 aliphatic rings. The highest BCUT2D eigenvalue weighted by Gasteiger charge is 2.12. The van der Waals surface area contributed by atoms with Crippen LogP contribution in [0.25, 0.3) is 11.5 Å². The van der Waals surface area contributed by atoms with Crippen molar-refractivity contribution in [1.29, 1.82) is 0 Å². The first kappa shape index (κ1) is 14.4. The summed E-state index contributed by atoms with van der Waals surface area (Å²) in [4.78, 5) is 0. The summed E-state index contributed by atoms with van der Waals surface area (Å²) < 4.78 is 5.59. The zero-order valence-electron chi connectivity index (χ0n) is 10.5. The number of thioether (sulfide) groups is 1. The quantitative estimate of drug-likeness (QED) is 0.886. The second kappa shape index (κ2) is 6.93. The summed E-state index contributed by atoms with van der Waals surface area (Å²) in [7, 11) is 0. The molecule has 1 N–H and O–H groups in total. The van der Waals surface area contributed by atoms with Crippen molar-refractivity contribution >= 4 is 23.4 Å². The van der Waals surface area contributed by atoms with Crippen LogP contribution in [0.5, 0.6) is 0 Å². The maximum atomic E-state index is 8.84. The van der Waals surface area contributed by atoms with Crippen LogP contribution in [-0.4, -0.2) is 27.2 Å². The summed E-state index contributed by atoms with van der Waals surface area (Å²) in [5, 5.41) is 17.8. The van der Waals surface area contributed by atoms with E-state index in [1.54, 1.807) is 17.8 Å². The third-order valence-corrected chi connectivity index (χ3v) is 4.15. The molecule has 0 aliphatic heterocycles. The molecule has 0 amide bonds. The number of nitrogens with zero attached hydrogens (tertiary/aromatic N) is 2. The number of aliphatic hydroxyl groups is 1. The fourth-order valence-corrected chi connectivity index (χ4v) is 2.57. The average molecular weight is 299 g/mol. The molecular weight excluding hydrogens is 284 g/mol. The van der Waals surface area contributed by atoms with Crippen LogP contribution >= 0.6 is 23.4 Å². The van der Waals surface area contributed by atoms with E-state index in [0.29, 0.717) is 27.8 Å². The van der Waals surface area contributed by atoms with Crippen molar-refractivity contribution in [3.63, 3.8) is 0 Å². The van der Waals surface area contributed by atoms with E-state index in [2.05, 4.69) is 17.1 Å². The molecule has 0 saturated heterocycles. The van der Waals surface area contributed by atoms with Gasteiger partial charge in [-0.25, -0.2) is 0 Å². The van der Waals surface area contributed by atoms with Crippen LogP contribution in [0.4, 0.5) is 0 Å². The Morgan fingerprint density at radius 2 is 2.16 bits per heavy atom. The van der Waals surface area contributed by atoms with Crippen molar-refractivity contribution in [3.05, 3.63) is 35.2 Å². The van der Waals surface area contributed by atoms with Crippen LogP contribution in [0.15, 0.2) is 28.7 Å². The first-order valence-electron chi connectivity index (χ1n) is 6.00. The monoisotopic (exact) mass is 298 g/mol. The summed E-state index contributed by atoms with van der Waals surface area (Å²) in [6, 6.07) is 7.37. The van der Waals surface area contributed by atoms with Gasteiger partial charge in [0.15, 0.2) is 0 Å². The van der Waals surface area contributed by atoms with E-state index in [1.807, 2.05) is 18.2 Å². The smallest absolute Gasteiger partial charge is 0.249 e. The van der Waals surface area contributed by atoms with Crippen LogP contribution in [0, 0.1) is 0 Å². The summed E-state index contributed by atoms with van der Waals surface area (Å²) in [6.45, 7) is 2.26. The molecule has 0 radical (unpaired) electrons. The fourth-order valence-electron chi connectivity index (χ4n) is 1.53. The summed E-state index contributed by atoms with van der Waals surface area (Å²) in [6.07, 6.45) is 0.760. The second-order valence-electron chi connectivity index (χ2n) is 4.11. The third-order valence-electron chi connectivity index (χ3n) is 2.60.